The molecule has 136 valence electrons. The van der Waals surface area contributed by atoms with E-state index in [1.54, 1.807) is 5.48 Å². The molecule has 1 amide bonds. The van der Waals surface area contributed by atoms with Crippen LogP contribution in [0.4, 0.5) is 5.69 Å². The zero-order valence-corrected chi connectivity index (χ0v) is 15.1. The van der Waals surface area contributed by atoms with Crippen LogP contribution in [0, 0.1) is 0 Å². The maximum absolute atomic E-state index is 11.7. The Labute approximate surface area is 148 Å². The van der Waals surface area contributed by atoms with Crippen LogP contribution in [0.25, 0.3) is 10.8 Å². The summed E-state index contributed by atoms with van der Waals surface area (Å²) in [6.07, 6.45) is 5.67. The number of hydrogen-bond acceptors (Lipinski definition) is 4. The smallest absolute Gasteiger partial charge is 0.243 e. The Kier molecular flexibility index (Phi) is 6.78. The van der Waals surface area contributed by atoms with Crippen LogP contribution >= 0.6 is 0 Å². The van der Waals surface area contributed by atoms with Crippen molar-refractivity contribution < 1.29 is 18.4 Å². The summed E-state index contributed by atoms with van der Waals surface area (Å²) in [4.78, 5) is 10.9. The van der Waals surface area contributed by atoms with Gasteiger partial charge in [-0.25, -0.2) is 13.9 Å². The van der Waals surface area contributed by atoms with Crippen LogP contribution in [-0.2, 0) is 21.2 Å². The first-order valence-electron chi connectivity index (χ1n) is 8.32. The predicted octanol–water partition coefficient (Wildman–Crippen LogP) is 3.21. The largest absolute Gasteiger partial charge is 0.289 e. The normalized spacial score (nSPS) is 11.4. The van der Waals surface area contributed by atoms with E-state index in [0.717, 1.165) is 54.7 Å². The molecule has 0 unspecified atom stereocenters. The first-order valence-corrected chi connectivity index (χ1v) is 10.2. The van der Waals surface area contributed by atoms with Gasteiger partial charge in [-0.1, -0.05) is 49.2 Å². The van der Waals surface area contributed by atoms with Gasteiger partial charge >= 0.3 is 0 Å². The molecule has 0 aromatic heterocycles. The van der Waals surface area contributed by atoms with Gasteiger partial charge in [0.1, 0.15) is 0 Å². The summed E-state index contributed by atoms with van der Waals surface area (Å²) in [6, 6.07) is 11.7. The van der Waals surface area contributed by atoms with Crippen molar-refractivity contribution in [3.63, 3.8) is 0 Å². The molecule has 0 saturated carbocycles. The second-order valence-electron chi connectivity index (χ2n) is 6.14. The number of aryl methyl sites for hydroxylation is 1. The highest BCUT2D eigenvalue weighted by Gasteiger charge is 2.11. The number of amides is 1. The van der Waals surface area contributed by atoms with Gasteiger partial charge in [-0.05, 0) is 30.2 Å². The Balaban J connectivity index is 2.04. The highest BCUT2D eigenvalue weighted by atomic mass is 32.2. The van der Waals surface area contributed by atoms with Crippen molar-refractivity contribution in [3.05, 3.63) is 42.0 Å². The van der Waals surface area contributed by atoms with E-state index in [-0.39, 0.29) is 5.91 Å². The fraction of sp³-hybridized carbons (Fsp3) is 0.389. The standard InChI is InChI=1S/C18H24N2O4S/c1-25(23,24)20-18-15(9-4-2-3-5-11-17(21)19-22)13-12-14-8-6-7-10-16(14)18/h6-8,10,12-13,20,22H,2-5,9,11H2,1H3,(H,19,21). The zero-order valence-electron chi connectivity index (χ0n) is 14.3. The van der Waals surface area contributed by atoms with Crippen LogP contribution in [0.3, 0.4) is 0 Å². The summed E-state index contributed by atoms with van der Waals surface area (Å²) in [6.45, 7) is 0. The number of unbranched alkanes of at least 4 members (excludes halogenated alkanes) is 3. The van der Waals surface area contributed by atoms with Crippen molar-refractivity contribution in [2.75, 3.05) is 11.0 Å². The summed E-state index contributed by atoms with van der Waals surface area (Å²) in [5, 5.41) is 10.3. The number of carbonyl (C=O) groups excluding carboxylic acids is 1. The molecule has 0 saturated heterocycles. The molecule has 0 aliphatic heterocycles. The van der Waals surface area contributed by atoms with E-state index in [2.05, 4.69) is 4.72 Å². The van der Waals surface area contributed by atoms with Gasteiger partial charge in [0, 0.05) is 11.8 Å². The third-order valence-electron chi connectivity index (χ3n) is 4.03. The number of hydroxylamine groups is 1. The molecule has 0 aliphatic rings. The van der Waals surface area contributed by atoms with Gasteiger partial charge in [0.2, 0.25) is 15.9 Å². The number of rotatable bonds is 9. The fourth-order valence-corrected chi connectivity index (χ4v) is 3.45. The van der Waals surface area contributed by atoms with Gasteiger partial charge in [0.25, 0.3) is 0 Å². The molecule has 25 heavy (non-hydrogen) atoms. The lowest BCUT2D eigenvalue weighted by atomic mass is 9.99. The first-order chi connectivity index (χ1) is 11.9. The number of hydrogen-bond donors (Lipinski definition) is 3. The van der Waals surface area contributed by atoms with Crippen molar-refractivity contribution in [1.82, 2.24) is 5.48 Å². The van der Waals surface area contributed by atoms with E-state index in [1.807, 2.05) is 36.4 Å². The number of sulfonamides is 1. The number of fused-ring (bicyclic) bond motifs is 1. The van der Waals surface area contributed by atoms with Gasteiger partial charge in [0.05, 0.1) is 11.9 Å². The van der Waals surface area contributed by atoms with Gasteiger partial charge in [0.15, 0.2) is 0 Å². The molecule has 2 aromatic rings. The van der Waals surface area contributed by atoms with E-state index >= 15 is 0 Å². The summed E-state index contributed by atoms with van der Waals surface area (Å²) in [5.74, 6) is -0.367. The molecule has 0 spiro atoms. The van der Waals surface area contributed by atoms with Gasteiger partial charge in [-0.3, -0.25) is 14.7 Å². The third-order valence-corrected chi connectivity index (χ3v) is 4.60. The molecule has 0 aliphatic carbocycles. The molecule has 0 heterocycles. The maximum atomic E-state index is 11.7. The van der Waals surface area contributed by atoms with Crippen molar-refractivity contribution in [2.45, 2.75) is 38.5 Å². The van der Waals surface area contributed by atoms with Gasteiger partial charge in [-0.15, -0.1) is 0 Å². The van der Waals surface area contributed by atoms with Crippen molar-refractivity contribution in [1.29, 1.82) is 0 Å². The molecule has 2 aromatic carbocycles. The Bertz CT molecular complexity index is 834. The van der Waals surface area contributed by atoms with Crippen LogP contribution < -0.4 is 10.2 Å². The minimum absolute atomic E-state index is 0.313. The predicted molar refractivity (Wildman–Crippen MR) is 99.1 cm³/mol. The van der Waals surface area contributed by atoms with Crippen LogP contribution in [0.2, 0.25) is 0 Å². The van der Waals surface area contributed by atoms with E-state index in [9.17, 15) is 13.2 Å². The lowest BCUT2D eigenvalue weighted by Crippen LogP contribution is -2.17. The van der Waals surface area contributed by atoms with Gasteiger partial charge < -0.3 is 0 Å². The Morgan fingerprint density at radius 3 is 2.48 bits per heavy atom. The molecular weight excluding hydrogens is 340 g/mol. The number of benzene rings is 2. The van der Waals surface area contributed by atoms with Crippen LogP contribution in [-0.4, -0.2) is 25.8 Å². The SMILES string of the molecule is CS(=O)(=O)Nc1c(CCCCCCC(=O)NO)ccc2ccccc12. The van der Waals surface area contributed by atoms with Crippen molar-refractivity contribution in [3.8, 4) is 0 Å². The molecule has 0 radical (unpaired) electrons. The molecule has 0 fully saturated rings. The Morgan fingerprint density at radius 2 is 1.76 bits per heavy atom. The summed E-state index contributed by atoms with van der Waals surface area (Å²) in [5.41, 5.74) is 3.25. The topological polar surface area (TPSA) is 95.5 Å². The molecule has 3 N–H and O–H groups in total. The third kappa shape index (κ3) is 6.03. The number of anilines is 1. The number of nitrogens with one attached hydrogen (secondary N) is 2. The fourth-order valence-electron chi connectivity index (χ4n) is 2.84. The minimum Gasteiger partial charge on any atom is -0.289 e. The van der Waals surface area contributed by atoms with Gasteiger partial charge in [-0.2, -0.15) is 0 Å². The average Bonchev–Trinajstić information content (AvgIpc) is 2.58. The second-order valence-corrected chi connectivity index (χ2v) is 7.89. The summed E-state index contributed by atoms with van der Waals surface area (Å²) in [7, 11) is -3.36. The maximum Gasteiger partial charge on any atom is 0.243 e. The Hall–Kier alpha value is -2.12. The molecule has 0 atom stereocenters. The zero-order chi connectivity index (χ0) is 18.3. The van der Waals surface area contributed by atoms with E-state index in [4.69, 9.17) is 5.21 Å². The minimum atomic E-state index is -3.36. The van der Waals surface area contributed by atoms with Crippen molar-refractivity contribution >= 4 is 32.4 Å². The quantitative estimate of drug-likeness (QED) is 0.362. The van der Waals surface area contributed by atoms with Crippen molar-refractivity contribution in [2.24, 2.45) is 0 Å². The van der Waals surface area contributed by atoms with Crippen LogP contribution in [0.1, 0.15) is 37.7 Å². The molecule has 6 nitrogen and oxygen atoms in total. The van der Waals surface area contributed by atoms with Crippen LogP contribution in [0.5, 0.6) is 0 Å². The summed E-state index contributed by atoms with van der Waals surface area (Å²) >= 11 is 0. The van der Waals surface area contributed by atoms with Crippen LogP contribution in [0.15, 0.2) is 36.4 Å². The number of carbonyl (C=O) groups is 1. The van der Waals surface area contributed by atoms with E-state index in [1.165, 1.54) is 0 Å². The second kappa shape index (κ2) is 8.82. The van der Waals surface area contributed by atoms with E-state index < -0.39 is 10.0 Å². The molecule has 2 rings (SSSR count). The molecular formula is C18H24N2O4S. The average molecular weight is 364 g/mol. The molecule has 0 bridgehead atoms. The van der Waals surface area contributed by atoms with E-state index in [0.29, 0.717) is 12.1 Å². The lowest BCUT2D eigenvalue weighted by Gasteiger charge is -2.14. The highest BCUT2D eigenvalue weighted by molar-refractivity contribution is 7.92. The lowest BCUT2D eigenvalue weighted by molar-refractivity contribution is -0.129. The summed E-state index contributed by atoms with van der Waals surface area (Å²) < 4.78 is 26.1. The highest BCUT2D eigenvalue weighted by Crippen LogP contribution is 2.29. The molecule has 7 heteroatoms. The first kappa shape index (κ1) is 19.2. The Morgan fingerprint density at radius 1 is 1.04 bits per heavy atom. The monoisotopic (exact) mass is 364 g/mol.